The molecule has 0 bridgehead atoms. The Balaban J connectivity index is 1.97. The normalized spacial score (nSPS) is 10.2. The summed E-state index contributed by atoms with van der Waals surface area (Å²) >= 11 is 0. The van der Waals surface area contributed by atoms with Gasteiger partial charge in [-0.2, -0.15) is 0 Å². The standard InChI is InChI=1S/C18H23N3O4/c1-23-9-8-19-14-6-7-20-15(11-14)18(22)21-12-13-4-5-16(24-2)17(10-13)25-3/h4-7,10-11H,8-9,12H2,1-3H3,(H,19,20)(H,21,22). The van der Waals surface area contributed by atoms with Crippen LogP contribution in [0.5, 0.6) is 11.5 Å². The number of rotatable bonds is 9. The molecule has 0 saturated carbocycles. The molecule has 2 N–H and O–H groups in total. The smallest absolute Gasteiger partial charge is 0.270 e. The summed E-state index contributed by atoms with van der Waals surface area (Å²) in [6, 6.07) is 9.02. The number of pyridine rings is 1. The lowest BCUT2D eigenvalue weighted by atomic mass is 10.2. The van der Waals surface area contributed by atoms with E-state index in [1.807, 2.05) is 12.1 Å². The summed E-state index contributed by atoms with van der Waals surface area (Å²) in [7, 11) is 4.80. The van der Waals surface area contributed by atoms with Crippen LogP contribution in [0.2, 0.25) is 0 Å². The summed E-state index contributed by atoms with van der Waals surface area (Å²) in [6.07, 6.45) is 1.60. The maximum absolute atomic E-state index is 12.3. The van der Waals surface area contributed by atoms with E-state index in [0.29, 0.717) is 36.9 Å². The number of nitrogens with zero attached hydrogens (tertiary/aromatic N) is 1. The summed E-state index contributed by atoms with van der Waals surface area (Å²) in [4.78, 5) is 16.4. The fourth-order valence-electron chi connectivity index (χ4n) is 2.23. The van der Waals surface area contributed by atoms with Crippen molar-refractivity contribution in [1.82, 2.24) is 10.3 Å². The maximum Gasteiger partial charge on any atom is 0.270 e. The number of carbonyl (C=O) groups is 1. The molecular formula is C18H23N3O4. The Morgan fingerprint density at radius 3 is 2.60 bits per heavy atom. The van der Waals surface area contributed by atoms with Gasteiger partial charge in [-0.15, -0.1) is 0 Å². The van der Waals surface area contributed by atoms with Crippen LogP contribution < -0.4 is 20.1 Å². The van der Waals surface area contributed by atoms with E-state index in [2.05, 4.69) is 15.6 Å². The van der Waals surface area contributed by atoms with Crippen molar-refractivity contribution in [2.45, 2.75) is 6.54 Å². The summed E-state index contributed by atoms with van der Waals surface area (Å²) in [5.74, 6) is 1.02. The van der Waals surface area contributed by atoms with Gasteiger partial charge in [-0.3, -0.25) is 9.78 Å². The Labute approximate surface area is 147 Å². The molecule has 1 aromatic carbocycles. The Kier molecular flexibility index (Phi) is 7.03. The first-order valence-corrected chi connectivity index (χ1v) is 7.86. The van der Waals surface area contributed by atoms with Gasteiger partial charge < -0.3 is 24.8 Å². The molecular weight excluding hydrogens is 322 g/mol. The fourth-order valence-corrected chi connectivity index (χ4v) is 2.23. The summed E-state index contributed by atoms with van der Waals surface area (Å²) < 4.78 is 15.5. The van der Waals surface area contributed by atoms with Crippen LogP contribution in [-0.4, -0.2) is 45.4 Å². The van der Waals surface area contributed by atoms with E-state index in [-0.39, 0.29) is 5.91 Å². The molecule has 7 heteroatoms. The molecule has 1 amide bonds. The lowest BCUT2D eigenvalue weighted by Gasteiger charge is -2.11. The molecule has 0 saturated heterocycles. The van der Waals surface area contributed by atoms with Crippen molar-refractivity contribution in [1.29, 1.82) is 0 Å². The zero-order valence-electron chi connectivity index (χ0n) is 14.7. The first kappa shape index (κ1) is 18.5. The molecule has 0 unspecified atom stereocenters. The van der Waals surface area contributed by atoms with Crippen molar-refractivity contribution < 1.29 is 19.0 Å². The molecule has 134 valence electrons. The van der Waals surface area contributed by atoms with Crippen LogP contribution in [0, 0.1) is 0 Å². The van der Waals surface area contributed by atoms with Crippen molar-refractivity contribution in [3.05, 3.63) is 47.8 Å². The number of hydrogen-bond acceptors (Lipinski definition) is 6. The molecule has 7 nitrogen and oxygen atoms in total. The number of nitrogens with one attached hydrogen (secondary N) is 2. The largest absolute Gasteiger partial charge is 0.493 e. The highest BCUT2D eigenvalue weighted by Gasteiger charge is 2.09. The molecule has 0 fully saturated rings. The monoisotopic (exact) mass is 345 g/mol. The van der Waals surface area contributed by atoms with Crippen molar-refractivity contribution in [3.8, 4) is 11.5 Å². The number of amides is 1. The number of methoxy groups -OCH3 is 3. The highest BCUT2D eigenvalue weighted by atomic mass is 16.5. The molecule has 0 aliphatic heterocycles. The van der Waals surface area contributed by atoms with Gasteiger partial charge in [-0.1, -0.05) is 6.07 Å². The van der Waals surface area contributed by atoms with Crippen LogP contribution in [0.25, 0.3) is 0 Å². The maximum atomic E-state index is 12.3. The molecule has 2 aromatic rings. The minimum Gasteiger partial charge on any atom is -0.493 e. The second-order valence-electron chi connectivity index (χ2n) is 5.22. The third-order valence-electron chi connectivity index (χ3n) is 3.53. The minimum absolute atomic E-state index is 0.245. The van der Waals surface area contributed by atoms with Gasteiger partial charge in [0.05, 0.1) is 20.8 Å². The fraction of sp³-hybridized carbons (Fsp3) is 0.333. The lowest BCUT2D eigenvalue weighted by molar-refractivity contribution is 0.0946. The van der Waals surface area contributed by atoms with Crippen LogP contribution in [0.15, 0.2) is 36.5 Å². The zero-order chi connectivity index (χ0) is 18.1. The first-order valence-electron chi connectivity index (χ1n) is 7.86. The highest BCUT2D eigenvalue weighted by molar-refractivity contribution is 5.93. The van der Waals surface area contributed by atoms with Crippen LogP contribution in [0.1, 0.15) is 16.1 Å². The van der Waals surface area contributed by atoms with E-state index in [9.17, 15) is 4.79 Å². The third kappa shape index (κ3) is 5.36. The van der Waals surface area contributed by atoms with Gasteiger partial charge in [0.15, 0.2) is 11.5 Å². The average Bonchev–Trinajstić information content (AvgIpc) is 2.66. The highest BCUT2D eigenvalue weighted by Crippen LogP contribution is 2.27. The quantitative estimate of drug-likeness (QED) is 0.677. The van der Waals surface area contributed by atoms with Gasteiger partial charge in [0.1, 0.15) is 5.69 Å². The molecule has 1 aromatic heterocycles. The molecule has 25 heavy (non-hydrogen) atoms. The number of hydrogen-bond donors (Lipinski definition) is 2. The Morgan fingerprint density at radius 2 is 1.88 bits per heavy atom. The number of benzene rings is 1. The summed E-state index contributed by atoms with van der Waals surface area (Å²) in [6.45, 7) is 1.61. The molecule has 0 spiro atoms. The Hall–Kier alpha value is -2.80. The summed E-state index contributed by atoms with van der Waals surface area (Å²) in [5.41, 5.74) is 2.08. The number of aromatic nitrogens is 1. The third-order valence-corrected chi connectivity index (χ3v) is 3.53. The van der Waals surface area contributed by atoms with Gasteiger partial charge in [0, 0.05) is 32.1 Å². The van der Waals surface area contributed by atoms with E-state index in [4.69, 9.17) is 14.2 Å². The zero-order valence-corrected chi connectivity index (χ0v) is 14.7. The number of ether oxygens (including phenoxy) is 3. The van der Waals surface area contributed by atoms with E-state index < -0.39 is 0 Å². The van der Waals surface area contributed by atoms with Gasteiger partial charge in [-0.25, -0.2) is 0 Å². The molecule has 0 aliphatic rings. The van der Waals surface area contributed by atoms with Crippen LogP contribution >= 0.6 is 0 Å². The van der Waals surface area contributed by atoms with Crippen LogP contribution in [0.3, 0.4) is 0 Å². The molecule has 2 rings (SSSR count). The van der Waals surface area contributed by atoms with Gasteiger partial charge in [0.2, 0.25) is 0 Å². The predicted octanol–water partition coefficient (Wildman–Crippen LogP) is 2.09. The number of anilines is 1. The Bertz CT molecular complexity index is 706. The van der Waals surface area contributed by atoms with Gasteiger partial charge >= 0.3 is 0 Å². The van der Waals surface area contributed by atoms with Gasteiger partial charge in [0.25, 0.3) is 5.91 Å². The molecule has 0 radical (unpaired) electrons. The predicted molar refractivity (Wildman–Crippen MR) is 95.3 cm³/mol. The van der Waals surface area contributed by atoms with E-state index >= 15 is 0 Å². The van der Waals surface area contributed by atoms with Crippen LogP contribution in [-0.2, 0) is 11.3 Å². The minimum atomic E-state index is -0.245. The van der Waals surface area contributed by atoms with Crippen molar-refractivity contribution in [2.75, 3.05) is 39.8 Å². The molecule has 0 aliphatic carbocycles. The van der Waals surface area contributed by atoms with Crippen molar-refractivity contribution in [3.63, 3.8) is 0 Å². The van der Waals surface area contributed by atoms with E-state index in [1.54, 1.807) is 45.7 Å². The van der Waals surface area contributed by atoms with Crippen molar-refractivity contribution in [2.24, 2.45) is 0 Å². The second-order valence-corrected chi connectivity index (χ2v) is 5.22. The van der Waals surface area contributed by atoms with Crippen LogP contribution in [0.4, 0.5) is 5.69 Å². The molecule has 1 heterocycles. The molecule has 0 atom stereocenters. The Morgan fingerprint density at radius 1 is 1.08 bits per heavy atom. The number of carbonyl (C=O) groups excluding carboxylic acids is 1. The van der Waals surface area contributed by atoms with E-state index in [0.717, 1.165) is 11.3 Å². The lowest BCUT2D eigenvalue weighted by Crippen LogP contribution is -2.24. The van der Waals surface area contributed by atoms with Crippen molar-refractivity contribution >= 4 is 11.6 Å². The SMILES string of the molecule is COCCNc1ccnc(C(=O)NCc2ccc(OC)c(OC)c2)c1. The van der Waals surface area contributed by atoms with E-state index in [1.165, 1.54) is 0 Å². The van der Waals surface area contributed by atoms with Gasteiger partial charge in [-0.05, 0) is 29.8 Å². The second kappa shape index (κ2) is 9.48. The first-order chi connectivity index (χ1) is 12.2. The topological polar surface area (TPSA) is 81.7 Å². The average molecular weight is 345 g/mol. The summed E-state index contributed by atoms with van der Waals surface area (Å²) in [5, 5.41) is 6.02.